The van der Waals surface area contributed by atoms with Crippen molar-refractivity contribution in [3.05, 3.63) is 23.8 Å². The standard InChI is InChI=1S/C11H16N2O3S/c1-8-4-9(12)6-11(5-8)17(15,16)13-3-2-10(14)7-13/h4-6,10,14H,2-3,7,12H2,1H3/t10-/m1/s1. The van der Waals surface area contributed by atoms with Gasteiger partial charge in [0.1, 0.15) is 0 Å². The second-order valence-electron chi connectivity index (χ2n) is 4.38. The van der Waals surface area contributed by atoms with Crippen LogP contribution >= 0.6 is 0 Å². The Hall–Kier alpha value is -1.11. The van der Waals surface area contributed by atoms with E-state index in [1.807, 2.05) is 0 Å². The van der Waals surface area contributed by atoms with Gasteiger partial charge >= 0.3 is 0 Å². The lowest BCUT2D eigenvalue weighted by Crippen LogP contribution is -2.29. The molecule has 1 aliphatic rings. The summed E-state index contributed by atoms with van der Waals surface area (Å²) in [4.78, 5) is 0.198. The van der Waals surface area contributed by atoms with Crippen LogP contribution in [0.5, 0.6) is 0 Å². The van der Waals surface area contributed by atoms with Gasteiger partial charge in [0.2, 0.25) is 10.0 Å². The van der Waals surface area contributed by atoms with Crippen molar-refractivity contribution >= 4 is 15.7 Å². The monoisotopic (exact) mass is 256 g/mol. The smallest absolute Gasteiger partial charge is 0.243 e. The number of hydrogen-bond donors (Lipinski definition) is 2. The van der Waals surface area contributed by atoms with Crippen molar-refractivity contribution in [2.24, 2.45) is 0 Å². The van der Waals surface area contributed by atoms with E-state index >= 15 is 0 Å². The molecule has 1 aliphatic heterocycles. The number of hydrogen-bond acceptors (Lipinski definition) is 4. The first-order chi connectivity index (χ1) is 7.89. The van der Waals surface area contributed by atoms with Crippen LogP contribution in [0.15, 0.2) is 23.1 Å². The summed E-state index contributed by atoms with van der Waals surface area (Å²) in [5.41, 5.74) is 6.89. The predicted octanol–water partition coefficient (Wildman–Crippen LogP) is 0.333. The summed E-state index contributed by atoms with van der Waals surface area (Å²) in [7, 11) is -3.52. The van der Waals surface area contributed by atoms with Gasteiger partial charge in [-0.2, -0.15) is 4.31 Å². The summed E-state index contributed by atoms with van der Waals surface area (Å²) in [5.74, 6) is 0. The van der Waals surface area contributed by atoms with Crippen molar-refractivity contribution < 1.29 is 13.5 Å². The molecule has 0 radical (unpaired) electrons. The highest BCUT2D eigenvalue weighted by Gasteiger charge is 2.31. The van der Waals surface area contributed by atoms with Crippen LogP contribution < -0.4 is 5.73 Å². The summed E-state index contributed by atoms with van der Waals surface area (Å²) in [6, 6.07) is 4.77. The molecule has 5 nitrogen and oxygen atoms in total. The maximum absolute atomic E-state index is 12.2. The van der Waals surface area contributed by atoms with Gasteiger partial charge in [-0.1, -0.05) is 0 Å². The van der Waals surface area contributed by atoms with E-state index in [0.29, 0.717) is 18.7 Å². The zero-order chi connectivity index (χ0) is 12.6. The van der Waals surface area contributed by atoms with Gasteiger partial charge < -0.3 is 10.8 Å². The lowest BCUT2D eigenvalue weighted by molar-refractivity contribution is 0.189. The van der Waals surface area contributed by atoms with Crippen LogP contribution in [0.25, 0.3) is 0 Å². The molecule has 1 aromatic rings. The topological polar surface area (TPSA) is 83.6 Å². The molecule has 0 amide bonds. The van der Waals surface area contributed by atoms with E-state index in [4.69, 9.17) is 5.73 Å². The molecule has 3 N–H and O–H groups in total. The molecule has 94 valence electrons. The van der Waals surface area contributed by atoms with Crippen LogP contribution in [-0.4, -0.2) is 37.0 Å². The molecule has 0 spiro atoms. The van der Waals surface area contributed by atoms with Crippen molar-refractivity contribution in [3.8, 4) is 0 Å². The predicted molar refractivity (Wildman–Crippen MR) is 65.0 cm³/mol. The highest BCUT2D eigenvalue weighted by molar-refractivity contribution is 7.89. The van der Waals surface area contributed by atoms with Crippen LogP contribution in [-0.2, 0) is 10.0 Å². The van der Waals surface area contributed by atoms with Gasteiger partial charge in [-0.3, -0.25) is 0 Å². The SMILES string of the molecule is Cc1cc(N)cc(S(=O)(=O)N2CC[C@@H](O)C2)c1. The summed E-state index contributed by atoms with van der Waals surface area (Å²) >= 11 is 0. The fraction of sp³-hybridized carbons (Fsp3) is 0.455. The number of β-amino-alcohol motifs (C(OH)–C–C–N with tert-alkyl or cyclic N) is 1. The van der Waals surface area contributed by atoms with Crippen molar-refractivity contribution in [1.29, 1.82) is 0 Å². The molecule has 0 bridgehead atoms. The number of rotatable bonds is 2. The molecule has 1 aromatic carbocycles. The van der Waals surface area contributed by atoms with Gasteiger partial charge in [-0.25, -0.2) is 8.42 Å². The van der Waals surface area contributed by atoms with Crippen LogP contribution in [0.4, 0.5) is 5.69 Å². The third-order valence-corrected chi connectivity index (χ3v) is 4.68. The number of sulfonamides is 1. The Bertz CT molecular complexity index is 507. The third-order valence-electron chi connectivity index (χ3n) is 2.84. The minimum atomic E-state index is -3.52. The van der Waals surface area contributed by atoms with E-state index in [0.717, 1.165) is 5.56 Å². The largest absolute Gasteiger partial charge is 0.399 e. The second kappa shape index (κ2) is 4.29. The molecule has 0 aliphatic carbocycles. The summed E-state index contributed by atoms with van der Waals surface area (Å²) < 4.78 is 25.8. The highest BCUT2D eigenvalue weighted by Crippen LogP contribution is 2.23. The van der Waals surface area contributed by atoms with Gasteiger partial charge in [0.05, 0.1) is 11.0 Å². The number of nitrogen functional groups attached to an aromatic ring is 1. The Balaban J connectivity index is 2.38. The first-order valence-corrected chi connectivity index (χ1v) is 6.89. The maximum Gasteiger partial charge on any atom is 0.243 e. The minimum absolute atomic E-state index is 0.163. The molecular weight excluding hydrogens is 240 g/mol. The average Bonchev–Trinajstić information content (AvgIpc) is 2.64. The van der Waals surface area contributed by atoms with E-state index < -0.39 is 16.1 Å². The van der Waals surface area contributed by atoms with E-state index in [9.17, 15) is 13.5 Å². The minimum Gasteiger partial charge on any atom is -0.399 e. The Morgan fingerprint density at radius 2 is 2.12 bits per heavy atom. The fourth-order valence-corrected chi connectivity index (χ4v) is 3.64. The molecule has 1 heterocycles. The van der Waals surface area contributed by atoms with E-state index in [-0.39, 0.29) is 11.4 Å². The van der Waals surface area contributed by atoms with E-state index in [1.165, 1.54) is 10.4 Å². The molecular formula is C11H16N2O3S. The molecule has 0 aromatic heterocycles. The highest BCUT2D eigenvalue weighted by atomic mass is 32.2. The fourth-order valence-electron chi connectivity index (χ4n) is 2.00. The van der Waals surface area contributed by atoms with Gasteiger partial charge in [0.25, 0.3) is 0 Å². The number of benzene rings is 1. The van der Waals surface area contributed by atoms with Crippen LogP contribution in [0.2, 0.25) is 0 Å². The second-order valence-corrected chi connectivity index (χ2v) is 6.32. The zero-order valence-electron chi connectivity index (χ0n) is 9.63. The summed E-state index contributed by atoms with van der Waals surface area (Å²) in [5, 5.41) is 9.39. The van der Waals surface area contributed by atoms with Gasteiger partial charge in [0.15, 0.2) is 0 Å². The third kappa shape index (κ3) is 2.43. The van der Waals surface area contributed by atoms with Crippen molar-refractivity contribution in [2.75, 3.05) is 18.8 Å². The molecule has 2 rings (SSSR count). The van der Waals surface area contributed by atoms with Gasteiger partial charge in [-0.15, -0.1) is 0 Å². The van der Waals surface area contributed by atoms with Gasteiger partial charge in [0, 0.05) is 18.8 Å². The normalized spacial score (nSPS) is 21.9. The lowest BCUT2D eigenvalue weighted by Gasteiger charge is -2.16. The van der Waals surface area contributed by atoms with Crippen molar-refractivity contribution in [2.45, 2.75) is 24.3 Å². The molecule has 1 atom stereocenters. The van der Waals surface area contributed by atoms with E-state index in [1.54, 1.807) is 19.1 Å². The van der Waals surface area contributed by atoms with Gasteiger partial charge in [-0.05, 0) is 37.1 Å². The molecule has 6 heteroatoms. The number of nitrogens with two attached hydrogens (primary N) is 1. The average molecular weight is 256 g/mol. The number of aryl methyl sites for hydroxylation is 1. The Kier molecular flexibility index (Phi) is 3.11. The number of aliphatic hydroxyl groups is 1. The summed E-state index contributed by atoms with van der Waals surface area (Å²) in [6.45, 7) is 2.32. The molecule has 1 fully saturated rings. The number of anilines is 1. The Morgan fingerprint density at radius 1 is 1.41 bits per heavy atom. The molecule has 0 saturated carbocycles. The number of aliphatic hydroxyl groups excluding tert-OH is 1. The molecule has 1 saturated heterocycles. The first-order valence-electron chi connectivity index (χ1n) is 5.45. The van der Waals surface area contributed by atoms with E-state index in [2.05, 4.69) is 0 Å². The van der Waals surface area contributed by atoms with Crippen LogP contribution in [0.1, 0.15) is 12.0 Å². The van der Waals surface area contributed by atoms with Crippen molar-refractivity contribution in [1.82, 2.24) is 4.31 Å². The quantitative estimate of drug-likeness (QED) is 0.747. The van der Waals surface area contributed by atoms with Crippen LogP contribution in [0.3, 0.4) is 0 Å². The summed E-state index contributed by atoms with van der Waals surface area (Å²) in [6.07, 6.45) is -0.0764. The Labute approximate surface area is 101 Å². The van der Waals surface area contributed by atoms with Crippen molar-refractivity contribution in [3.63, 3.8) is 0 Å². The Morgan fingerprint density at radius 3 is 2.65 bits per heavy atom. The lowest BCUT2D eigenvalue weighted by atomic mass is 10.2. The number of nitrogens with zero attached hydrogens (tertiary/aromatic N) is 1. The molecule has 0 unspecified atom stereocenters. The maximum atomic E-state index is 12.2. The zero-order valence-corrected chi connectivity index (χ0v) is 10.4. The first kappa shape index (κ1) is 12.3. The molecule has 17 heavy (non-hydrogen) atoms. The van der Waals surface area contributed by atoms with Crippen LogP contribution in [0, 0.1) is 6.92 Å².